The Hall–Kier alpha value is -2.05. The highest BCUT2D eigenvalue weighted by Gasteiger charge is 2.28. The molecule has 1 aromatic heterocycles. The van der Waals surface area contributed by atoms with Gasteiger partial charge in [0.2, 0.25) is 0 Å². The van der Waals surface area contributed by atoms with E-state index in [1.807, 2.05) is 36.0 Å². The summed E-state index contributed by atoms with van der Waals surface area (Å²) in [6, 6.07) is 9.29. The van der Waals surface area contributed by atoms with Crippen molar-refractivity contribution in [1.29, 1.82) is 0 Å². The molecule has 21 heavy (non-hydrogen) atoms. The predicted octanol–water partition coefficient (Wildman–Crippen LogP) is 0.515. The van der Waals surface area contributed by atoms with Gasteiger partial charge in [-0.25, -0.2) is 0 Å². The Morgan fingerprint density at radius 1 is 1.48 bits per heavy atom. The van der Waals surface area contributed by atoms with Crippen LogP contribution in [0.15, 0.2) is 36.5 Å². The maximum absolute atomic E-state index is 12.5. The van der Waals surface area contributed by atoms with E-state index in [-0.39, 0.29) is 5.91 Å². The van der Waals surface area contributed by atoms with Crippen molar-refractivity contribution in [1.82, 2.24) is 9.47 Å². The van der Waals surface area contributed by atoms with Crippen LogP contribution in [0.2, 0.25) is 0 Å². The van der Waals surface area contributed by atoms with Crippen LogP contribution in [0, 0.1) is 0 Å². The third kappa shape index (κ3) is 2.60. The van der Waals surface area contributed by atoms with E-state index in [1.54, 1.807) is 24.1 Å². The van der Waals surface area contributed by atoms with Gasteiger partial charge >= 0.3 is 7.12 Å². The molecule has 0 atom stereocenters. The Labute approximate surface area is 123 Å². The number of carbonyl (C=O) groups excluding carboxylic acids is 1. The molecular weight excluding hydrogens is 267 g/mol. The maximum Gasteiger partial charge on any atom is 0.491 e. The van der Waals surface area contributed by atoms with Gasteiger partial charge in [0.15, 0.2) is 0 Å². The fraction of sp³-hybridized carbons (Fsp3) is 0.267. The Morgan fingerprint density at radius 3 is 3.00 bits per heavy atom. The van der Waals surface area contributed by atoms with E-state index in [1.165, 1.54) is 0 Å². The smallest absolute Gasteiger partial charge is 0.423 e. The number of benzene rings is 1. The van der Waals surface area contributed by atoms with Crippen molar-refractivity contribution in [2.24, 2.45) is 7.05 Å². The quantitative estimate of drug-likeness (QED) is 0.836. The Kier molecular flexibility index (Phi) is 3.57. The summed E-state index contributed by atoms with van der Waals surface area (Å²) in [6.07, 6.45) is 1.96. The van der Waals surface area contributed by atoms with E-state index >= 15 is 0 Å². The molecule has 0 saturated heterocycles. The van der Waals surface area contributed by atoms with Gasteiger partial charge in [-0.3, -0.25) is 4.79 Å². The lowest BCUT2D eigenvalue weighted by Gasteiger charge is -2.18. The summed E-state index contributed by atoms with van der Waals surface area (Å²) in [7, 11) is 2.80. The highest BCUT2D eigenvalue weighted by molar-refractivity contribution is 6.61. The molecule has 5 nitrogen and oxygen atoms in total. The van der Waals surface area contributed by atoms with E-state index in [9.17, 15) is 9.82 Å². The molecule has 0 bridgehead atoms. The number of aryl methyl sites for hydroxylation is 1. The van der Waals surface area contributed by atoms with Gasteiger partial charge in [0, 0.05) is 31.5 Å². The van der Waals surface area contributed by atoms with Crippen molar-refractivity contribution in [2.45, 2.75) is 13.2 Å². The molecule has 3 rings (SSSR count). The molecule has 108 valence electrons. The van der Waals surface area contributed by atoms with Crippen molar-refractivity contribution < 1.29 is 14.5 Å². The molecule has 1 aromatic carbocycles. The monoisotopic (exact) mass is 284 g/mol. The van der Waals surface area contributed by atoms with Gasteiger partial charge in [-0.2, -0.15) is 0 Å². The van der Waals surface area contributed by atoms with Crippen molar-refractivity contribution in [2.75, 3.05) is 7.05 Å². The van der Waals surface area contributed by atoms with Gasteiger partial charge in [0.1, 0.15) is 0 Å². The van der Waals surface area contributed by atoms with Gasteiger partial charge in [-0.05, 0) is 35.3 Å². The topological polar surface area (TPSA) is 54.7 Å². The average Bonchev–Trinajstić information content (AvgIpc) is 3.05. The van der Waals surface area contributed by atoms with Crippen LogP contribution in [0.25, 0.3) is 0 Å². The Morgan fingerprint density at radius 2 is 2.29 bits per heavy atom. The normalized spacial score (nSPS) is 13.4. The third-order valence-electron chi connectivity index (χ3n) is 3.85. The van der Waals surface area contributed by atoms with Gasteiger partial charge in [0.05, 0.1) is 13.2 Å². The molecule has 2 aromatic rings. The second-order valence-corrected chi connectivity index (χ2v) is 5.35. The van der Waals surface area contributed by atoms with Gasteiger partial charge in [-0.1, -0.05) is 6.07 Å². The van der Waals surface area contributed by atoms with E-state index in [2.05, 4.69) is 0 Å². The van der Waals surface area contributed by atoms with Crippen LogP contribution in [-0.2, 0) is 24.9 Å². The van der Waals surface area contributed by atoms with Crippen LogP contribution in [0.5, 0.6) is 0 Å². The molecule has 0 saturated carbocycles. The summed E-state index contributed by atoms with van der Waals surface area (Å²) >= 11 is 0. The number of hydrogen-bond donors (Lipinski definition) is 1. The summed E-state index contributed by atoms with van der Waals surface area (Å²) in [4.78, 5) is 14.1. The minimum atomic E-state index is -0.925. The number of carbonyl (C=O) groups is 1. The molecule has 0 unspecified atom stereocenters. The van der Waals surface area contributed by atoms with Crippen LogP contribution < -0.4 is 5.46 Å². The molecule has 6 heteroatoms. The Bertz CT molecular complexity index is 683. The van der Waals surface area contributed by atoms with Crippen LogP contribution >= 0.6 is 0 Å². The van der Waals surface area contributed by atoms with Crippen LogP contribution in [0.1, 0.15) is 21.6 Å². The zero-order valence-corrected chi connectivity index (χ0v) is 12.1. The van der Waals surface area contributed by atoms with Gasteiger partial charge < -0.3 is 19.1 Å². The first kappa shape index (κ1) is 13.9. The molecule has 1 aliphatic rings. The van der Waals surface area contributed by atoms with E-state index in [0.29, 0.717) is 24.2 Å². The Balaban J connectivity index is 1.79. The van der Waals surface area contributed by atoms with Crippen molar-refractivity contribution in [3.8, 4) is 0 Å². The van der Waals surface area contributed by atoms with Crippen LogP contribution in [0.3, 0.4) is 0 Å². The molecule has 0 radical (unpaired) electrons. The SMILES string of the molecule is CN(Cc1cccn1C)C(=O)c1ccc2c(c1)B(O)OC2. The molecule has 1 aliphatic heterocycles. The predicted molar refractivity (Wildman–Crippen MR) is 80.0 cm³/mol. The number of nitrogens with zero attached hydrogens (tertiary/aromatic N) is 2. The number of hydrogen-bond acceptors (Lipinski definition) is 3. The van der Waals surface area contributed by atoms with E-state index in [0.717, 1.165) is 11.3 Å². The molecule has 0 aliphatic carbocycles. The zero-order chi connectivity index (χ0) is 15.0. The minimum absolute atomic E-state index is 0.0712. The first-order chi connectivity index (χ1) is 10.1. The van der Waals surface area contributed by atoms with Gasteiger partial charge in [0.25, 0.3) is 5.91 Å². The molecule has 1 N–H and O–H groups in total. The first-order valence-corrected chi connectivity index (χ1v) is 6.84. The summed E-state index contributed by atoms with van der Waals surface area (Å²) in [5.41, 5.74) is 3.25. The number of fused-ring (bicyclic) bond motifs is 1. The number of aromatic nitrogens is 1. The standard InChI is InChI=1S/C15H17BN2O3/c1-17-7-3-4-13(17)9-18(2)15(19)11-5-6-12-10-21-16(20)14(12)8-11/h3-8,20H,9-10H2,1-2H3. The van der Waals surface area contributed by atoms with Crippen molar-refractivity contribution in [3.63, 3.8) is 0 Å². The lowest BCUT2D eigenvalue weighted by Crippen LogP contribution is -2.31. The fourth-order valence-corrected chi connectivity index (χ4v) is 2.54. The highest BCUT2D eigenvalue weighted by atomic mass is 16.5. The second kappa shape index (κ2) is 5.39. The van der Waals surface area contributed by atoms with E-state index < -0.39 is 7.12 Å². The summed E-state index contributed by atoms with van der Waals surface area (Å²) in [5, 5.41) is 9.72. The lowest BCUT2D eigenvalue weighted by molar-refractivity contribution is 0.0782. The number of rotatable bonds is 3. The molecule has 0 spiro atoms. The average molecular weight is 284 g/mol. The molecular formula is C15H17BN2O3. The van der Waals surface area contributed by atoms with Crippen LogP contribution in [0.4, 0.5) is 0 Å². The van der Waals surface area contributed by atoms with E-state index in [4.69, 9.17) is 4.65 Å². The third-order valence-corrected chi connectivity index (χ3v) is 3.85. The summed E-state index contributed by atoms with van der Waals surface area (Å²) in [6.45, 7) is 0.933. The fourth-order valence-electron chi connectivity index (χ4n) is 2.54. The molecule has 1 amide bonds. The number of amides is 1. The molecule has 0 fully saturated rings. The first-order valence-electron chi connectivity index (χ1n) is 6.84. The highest BCUT2D eigenvalue weighted by Crippen LogP contribution is 2.13. The summed E-state index contributed by atoms with van der Waals surface area (Å²) < 4.78 is 7.14. The largest absolute Gasteiger partial charge is 0.491 e. The van der Waals surface area contributed by atoms with Gasteiger partial charge in [-0.15, -0.1) is 0 Å². The van der Waals surface area contributed by atoms with Crippen molar-refractivity contribution >= 4 is 18.5 Å². The maximum atomic E-state index is 12.5. The lowest BCUT2D eigenvalue weighted by atomic mass is 9.78. The second-order valence-electron chi connectivity index (χ2n) is 5.35. The molecule has 2 heterocycles. The zero-order valence-electron chi connectivity index (χ0n) is 12.1. The van der Waals surface area contributed by atoms with Crippen molar-refractivity contribution in [3.05, 3.63) is 53.3 Å². The van der Waals surface area contributed by atoms with Crippen LogP contribution in [-0.4, -0.2) is 34.6 Å². The summed E-state index contributed by atoms with van der Waals surface area (Å²) in [5.74, 6) is -0.0712. The minimum Gasteiger partial charge on any atom is -0.423 e.